The van der Waals surface area contributed by atoms with Crippen LogP contribution in [0.15, 0.2) is 30.3 Å². The van der Waals surface area contributed by atoms with Gasteiger partial charge in [0.1, 0.15) is 17.6 Å². The number of methoxy groups -OCH3 is 1. The van der Waals surface area contributed by atoms with Crippen LogP contribution < -0.4 is 0 Å². The standard InChI is InChI=1S/C17H18N4O/c1-12-14(10-13(11-18)20(12)2)17-19-15-6-4-5-7-16(15)21(17)8-9-22-3/h4-7,10H,8-9H2,1-3H3. The fourth-order valence-corrected chi connectivity index (χ4v) is 2.72. The SMILES string of the molecule is COCCn1c(-c2cc(C#N)n(C)c2C)nc2ccccc21. The van der Waals surface area contributed by atoms with Crippen LogP contribution in [0.2, 0.25) is 0 Å². The fraction of sp³-hybridized carbons (Fsp3) is 0.294. The van der Waals surface area contributed by atoms with Gasteiger partial charge in [-0.25, -0.2) is 4.98 Å². The Morgan fingerprint density at radius 1 is 1.32 bits per heavy atom. The zero-order valence-electron chi connectivity index (χ0n) is 13.0. The Hall–Kier alpha value is -2.58. The minimum absolute atomic E-state index is 0.615. The Morgan fingerprint density at radius 3 is 2.77 bits per heavy atom. The normalized spacial score (nSPS) is 11.0. The molecule has 1 aromatic carbocycles. The summed E-state index contributed by atoms with van der Waals surface area (Å²) in [5.74, 6) is 0.882. The van der Waals surface area contributed by atoms with E-state index in [1.54, 1.807) is 7.11 Å². The third kappa shape index (κ3) is 2.18. The van der Waals surface area contributed by atoms with Gasteiger partial charge in [-0.15, -0.1) is 0 Å². The van der Waals surface area contributed by atoms with Crippen molar-refractivity contribution in [1.29, 1.82) is 5.26 Å². The van der Waals surface area contributed by atoms with E-state index in [2.05, 4.69) is 16.7 Å². The minimum atomic E-state index is 0.615. The van der Waals surface area contributed by atoms with Crippen LogP contribution in [0.3, 0.4) is 0 Å². The van der Waals surface area contributed by atoms with Gasteiger partial charge in [-0.3, -0.25) is 0 Å². The molecule has 22 heavy (non-hydrogen) atoms. The topological polar surface area (TPSA) is 55.8 Å². The quantitative estimate of drug-likeness (QED) is 0.743. The number of hydrogen-bond donors (Lipinski definition) is 0. The minimum Gasteiger partial charge on any atom is -0.383 e. The van der Waals surface area contributed by atoms with Gasteiger partial charge in [0, 0.05) is 32.0 Å². The predicted molar refractivity (Wildman–Crippen MR) is 85.5 cm³/mol. The van der Waals surface area contributed by atoms with E-state index in [0.29, 0.717) is 12.3 Å². The molecule has 0 aliphatic rings. The molecule has 0 amide bonds. The van der Waals surface area contributed by atoms with Crippen molar-refractivity contribution in [2.24, 2.45) is 7.05 Å². The van der Waals surface area contributed by atoms with Gasteiger partial charge in [-0.05, 0) is 25.1 Å². The van der Waals surface area contributed by atoms with Crippen LogP contribution in [0.25, 0.3) is 22.4 Å². The van der Waals surface area contributed by atoms with Crippen LogP contribution in [-0.4, -0.2) is 27.8 Å². The summed E-state index contributed by atoms with van der Waals surface area (Å²) in [6.07, 6.45) is 0. The van der Waals surface area contributed by atoms with Crippen molar-refractivity contribution in [1.82, 2.24) is 14.1 Å². The molecule has 3 rings (SSSR count). The third-order valence-electron chi connectivity index (χ3n) is 4.06. The first-order chi connectivity index (χ1) is 10.7. The second-order valence-corrected chi connectivity index (χ2v) is 5.27. The molecule has 2 aromatic heterocycles. The van der Waals surface area contributed by atoms with Gasteiger partial charge >= 0.3 is 0 Å². The molecule has 0 aliphatic heterocycles. The maximum atomic E-state index is 9.24. The lowest BCUT2D eigenvalue weighted by atomic mass is 10.2. The van der Waals surface area contributed by atoms with E-state index in [9.17, 15) is 5.26 Å². The first kappa shape index (κ1) is 14.4. The number of hydrogen-bond acceptors (Lipinski definition) is 3. The average Bonchev–Trinajstić information content (AvgIpc) is 3.04. The maximum absolute atomic E-state index is 9.24. The number of fused-ring (bicyclic) bond motifs is 1. The number of rotatable bonds is 4. The molecule has 0 spiro atoms. The molecule has 5 heteroatoms. The maximum Gasteiger partial charge on any atom is 0.143 e. The molecule has 0 N–H and O–H groups in total. The largest absolute Gasteiger partial charge is 0.383 e. The van der Waals surface area contributed by atoms with E-state index in [-0.39, 0.29) is 0 Å². The van der Waals surface area contributed by atoms with E-state index in [1.165, 1.54) is 0 Å². The summed E-state index contributed by atoms with van der Waals surface area (Å²) < 4.78 is 9.28. The van der Waals surface area contributed by atoms with Gasteiger partial charge in [-0.2, -0.15) is 5.26 Å². The van der Waals surface area contributed by atoms with Gasteiger partial charge in [0.2, 0.25) is 0 Å². The number of aromatic nitrogens is 3. The van der Waals surface area contributed by atoms with Crippen LogP contribution >= 0.6 is 0 Å². The molecule has 0 fully saturated rings. The highest BCUT2D eigenvalue weighted by Gasteiger charge is 2.17. The van der Waals surface area contributed by atoms with Crippen LogP contribution in [-0.2, 0) is 18.3 Å². The van der Waals surface area contributed by atoms with Gasteiger partial charge in [0.15, 0.2) is 0 Å². The summed E-state index contributed by atoms with van der Waals surface area (Å²) in [7, 11) is 3.60. The van der Waals surface area contributed by atoms with Crippen molar-refractivity contribution < 1.29 is 4.74 Å². The molecule has 0 bridgehead atoms. The number of para-hydroxylation sites is 2. The van der Waals surface area contributed by atoms with Crippen LogP contribution in [0, 0.1) is 18.3 Å². The Labute approximate surface area is 129 Å². The summed E-state index contributed by atoms with van der Waals surface area (Å²) in [4.78, 5) is 4.77. The Kier molecular flexibility index (Phi) is 3.70. The molecule has 5 nitrogen and oxygen atoms in total. The summed E-state index contributed by atoms with van der Waals surface area (Å²) >= 11 is 0. The van der Waals surface area contributed by atoms with Gasteiger partial charge in [0.25, 0.3) is 0 Å². The lowest BCUT2D eigenvalue weighted by molar-refractivity contribution is 0.188. The molecule has 112 valence electrons. The molecule has 0 atom stereocenters. The van der Waals surface area contributed by atoms with Crippen molar-refractivity contribution in [2.75, 3.05) is 13.7 Å². The molecule has 3 aromatic rings. The first-order valence-electron chi connectivity index (χ1n) is 7.18. The monoisotopic (exact) mass is 294 g/mol. The first-order valence-corrected chi connectivity index (χ1v) is 7.18. The molecular weight excluding hydrogens is 276 g/mol. The van der Waals surface area contributed by atoms with E-state index >= 15 is 0 Å². The number of ether oxygens (including phenoxy) is 1. The third-order valence-corrected chi connectivity index (χ3v) is 4.06. The second kappa shape index (κ2) is 5.66. The lowest BCUT2D eigenvalue weighted by Gasteiger charge is -2.08. The van der Waals surface area contributed by atoms with E-state index in [4.69, 9.17) is 9.72 Å². The zero-order chi connectivity index (χ0) is 15.7. The molecule has 0 saturated carbocycles. The zero-order valence-corrected chi connectivity index (χ0v) is 13.0. The van der Waals surface area contributed by atoms with Crippen molar-refractivity contribution in [3.8, 4) is 17.5 Å². The number of imidazole rings is 1. The Balaban J connectivity index is 2.24. The fourth-order valence-electron chi connectivity index (χ4n) is 2.72. The molecule has 0 saturated heterocycles. The number of nitrogens with zero attached hydrogens (tertiary/aromatic N) is 4. The van der Waals surface area contributed by atoms with Crippen molar-refractivity contribution in [3.05, 3.63) is 41.7 Å². The number of benzene rings is 1. The van der Waals surface area contributed by atoms with Gasteiger partial charge < -0.3 is 13.9 Å². The summed E-state index contributed by atoms with van der Waals surface area (Å²) in [6, 6.07) is 12.2. The average molecular weight is 294 g/mol. The summed E-state index contributed by atoms with van der Waals surface area (Å²) in [5.41, 5.74) is 4.70. The van der Waals surface area contributed by atoms with Crippen molar-refractivity contribution in [3.63, 3.8) is 0 Å². The lowest BCUT2D eigenvalue weighted by Crippen LogP contribution is -2.06. The molecule has 0 unspecified atom stereocenters. The summed E-state index contributed by atoms with van der Waals surface area (Å²) in [5, 5.41) is 9.24. The second-order valence-electron chi connectivity index (χ2n) is 5.27. The molecular formula is C17H18N4O. The van der Waals surface area contributed by atoms with Gasteiger partial charge in [-0.1, -0.05) is 12.1 Å². The van der Waals surface area contributed by atoms with Crippen molar-refractivity contribution >= 4 is 11.0 Å². The van der Waals surface area contributed by atoms with Crippen LogP contribution in [0.4, 0.5) is 0 Å². The van der Waals surface area contributed by atoms with Crippen LogP contribution in [0.5, 0.6) is 0 Å². The van der Waals surface area contributed by atoms with Crippen molar-refractivity contribution in [2.45, 2.75) is 13.5 Å². The van der Waals surface area contributed by atoms with E-state index < -0.39 is 0 Å². The van der Waals surface area contributed by atoms with Crippen LogP contribution in [0.1, 0.15) is 11.4 Å². The van der Waals surface area contributed by atoms with Gasteiger partial charge in [0.05, 0.1) is 17.6 Å². The summed E-state index contributed by atoms with van der Waals surface area (Å²) in [6.45, 7) is 3.35. The molecule has 0 radical (unpaired) electrons. The van der Waals surface area contributed by atoms with E-state index in [1.807, 2.05) is 42.8 Å². The highest BCUT2D eigenvalue weighted by atomic mass is 16.5. The molecule has 2 heterocycles. The predicted octanol–water partition coefficient (Wildman–Crippen LogP) is 2.87. The molecule has 0 aliphatic carbocycles. The highest BCUT2D eigenvalue weighted by molar-refractivity contribution is 5.81. The highest BCUT2D eigenvalue weighted by Crippen LogP contribution is 2.29. The smallest absolute Gasteiger partial charge is 0.143 e. The van der Waals surface area contributed by atoms with E-state index in [0.717, 1.165) is 34.7 Å². The Bertz CT molecular complexity index is 867. The number of nitriles is 1. The Morgan fingerprint density at radius 2 is 2.09 bits per heavy atom.